The number of hydrogen-bond acceptors (Lipinski definition) is 3. The van der Waals surface area contributed by atoms with E-state index in [1.54, 1.807) is 0 Å². The average molecular weight is 280 g/mol. The van der Waals surface area contributed by atoms with Gasteiger partial charge in [0.15, 0.2) is 0 Å². The minimum Gasteiger partial charge on any atom is -0.370 e. The Hall–Kier alpha value is -0.770. The molecule has 0 amide bonds. The first kappa shape index (κ1) is 13.2. The third-order valence-corrected chi connectivity index (χ3v) is 4.52. The zero-order valence-corrected chi connectivity index (χ0v) is 12.1. The fourth-order valence-electron chi connectivity index (χ4n) is 3.17. The Morgan fingerprint density at radius 2 is 1.95 bits per heavy atom. The smallest absolute Gasteiger partial charge is 0.0639 e. The second kappa shape index (κ2) is 6.12. The normalized spacial score (nSPS) is 24.9. The van der Waals surface area contributed by atoms with Gasteiger partial charge in [0.25, 0.3) is 0 Å². The van der Waals surface area contributed by atoms with Gasteiger partial charge >= 0.3 is 0 Å². The fourth-order valence-corrected chi connectivity index (χ4v) is 3.42. The van der Waals surface area contributed by atoms with Gasteiger partial charge in [0.05, 0.1) is 10.7 Å². The lowest BCUT2D eigenvalue weighted by atomic mass is 10.1. The van der Waals surface area contributed by atoms with Crippen molar-refractivity contribution in [1.82, 2.24) is 10.2 Å². The molecule has 0 aromatic heterocycles. The standard InChI is InChI=1S/C15H22ClN3/c16-14-3-1-2-4-15(14)19-8-5-13(12-19)11-18-9-6-17-7-10-18/h1-4,13,17H,5-12H2. The predicted octanol–water partition coefficient (Wildman–Crippen LogP) is 2.07. The number of nitrogens with one attached hydrogen (secondary N) is 1. The van der Waals surface area contributed by atoms with Crippen LogP contribution in [-0.4, -0.2) is 50.7 Å². The number of halogens is 1. The van der Waals surface area contributed by atoms with E-state index < -0.39 is 0 Å². The van der Waals surface area contributed by atoms with Crippen molar-refractivity contribution in [3.63, 3.8) is 0 Å². The Bertz CT molecular complexity index is 418. The largest absolute Gasteiger partial charge is 0.370 e. The van der Waals surface area contributed by atoms with Gasteiger partial charge in [-0.3, -0.25) is 0 Å². The molecule has 1 N–H and O–H groups in total. The van der Waals surface area contributed by atoms with Crippen molar-refractivity contribution in [3.05, 3.63) is 29.3 Å². The maximum absolute atomic E-state index is 6.28. The highest BCUT2D eigenvalue weighted by atomic mass is 35.5. The molecule has 0 radical (unpaired) electrons. The van der Waals surface area contributed by atoms with Crippen LogP contribution in [0.5, 0.6) is 0 Å². The molecule has 104 valence electrons. The van der Waals surface area contributed by atoms with Crippen molar-refractivity contribution in [2.45, 2.75) is 6.42 Å². The molecule has 2 aliphatic rings. The van der Waals surface area contributed by atoms with Crippen LogP contribution in [0.4, 0.5) is 5.69 Å². The Labute approximate surface area is 120 Å². The van der Waals surface area contributed by atoms with Gasteiger partial charge in [-0.1, -0.05) is 23.7 Å². The molecule has 1 unspecified atom stereocenters. The molecule has 0 spiro atoms. The topological polar surface area (TPSA) is 18.5 Å². The summed E-state index contributed by atoms with van der Waals surface area (Å²) in [6.45, 7) is 8.20. The van der Waals surface area contributed by atoms with Crippen LogP contribution in [0.25, 0.3) is 0 Å². The average Bonchev–Trinajstić information content (AvgIpc) is 2.89. The van der Waals surface area contributed by atoms with E-state index in [1.807, 2.05) is 12.1 Å². The number of piperazine rings is 1. The molecular weight excluding hydrogens is 258 g/mol. The van der Waals surface area contributed by atoms with E-state index >= 15 is 0 Å². The summed E-state index contributed by atoms with van der Waals surface area (Å²) in [7, 11) is 0. The summed E-state index contributed by atoms with van der Waals surface area (Å²) in [4.78, 5) is 5.03. The van der Waals surface area contributed by atoms with Crippen molar-refractivity contribution in [1.29, 1.82) is 0 Å². The monoisotopic (exact) mass is 279 g/mol. The Morgan fingerprint density at radius 1 is 1.16 bits per heavy atom. The first-order valence-electron chi connectivity index (χ1n) is 7.25. The van der Waals surface area contributed by atoms with Crippen molar-refractivity contribution >= 4 is 17.3 Å². The Balaban J connectivity index is 1.56. The van der Waals surface area contributed by atoms with Gasteiger partial charge in [-0.2, -0.15) is 0 Å². The van der Waals surface area contributed by atoms with Gasteiger partial charge < -0.3 is 15.1 Å². The molecule has 0 bridgehead atoms. The van der Waals surface area contributed by atoms with Crippen molar-refractivity contribution < 1.29 is 0 Å². The van der Waals surface area contributed by atoms with E-state index in [1.165, 1.54) is 31.7 Å². The molecule has 3 rings (SSSR count). The number of benzene rings is 1. The molecule has 2 saturated heterocycles. The van der Waals surface area contributed by atoms with E-state index in [4.69, 9.17) is 11.6 Å². The molecule has 1 aromatic carbocycles. The van der Waals surface area contributed by atoms with E-state index in [-0.39, 0.29) is 0 Å². The maximum Gasteiger partial charge on any atom is 0.0639 e. The van der Waals surface area contributed by atoms with Gasteiger partial charge in [-0.25, -0.2) is 0 Å². The van der Waals surface area contributed by atoms with Gasteiger partial charge in [0, 0.05) is 45.8 Å². The highest BCUT2D eigenvalue weighted by molar-refractivity contribution is 6.33. The number of anilines is 1. The molecule has 1 aromatic rings. The van der Waals surface area contributed by atoms with E-state index in [0.717, 1.165) is 37.1 Å². The molecule has 4 heteroatoms. The van der Waals surface area contributed by atoms with Crippen molar-refractivity contribution in [2.75, 3.05) is 50.7 Å². The summed E-state index contributed by atoms with van der Waals surface area (Å²) in [5, 5.41) is 4.29. The number of para-hydroxylation sites is 1. The minimum atomic E-state index is 0.786. The number of rotatable bonds is 3. The van der Waals surface area contributed by atoms with Gasteiger partial charge in [0.2, 0.25) is 0 Å². The second-order valence-corrected chi connectivity index (χ2v) is 6.01. The highest BCUT2D eigenvalue weighted by Gasteiger charge is 2.25. The van der Waals surface area contributed by atoms with Crippen LogP contribution < -0.4 is 10.2 Å². The van der Waals surface area contributed by atoms with Crippen LogP contribution in [-0.2, 0) is 0 Å². The molecule has 2 heterocycles. The Kier molecular flexibility index (Phi) is 4.26. The summed E-state index contributed by atoms with van der Waals surface area (Å²) < 4.78 is 0. The summed E-state index contributed by atoms with van der Waals surface area (Å²) in [5.74, 6) is 0.786. The molecular formula is C15H22ClN3. The number of nitrogens with zero attached hydrogens (tertiary/aromatic N) is 2. The van der Waals surface area contributed by atoms with Crippen molar-refractivity contribution in [3.8, 4) is 0 Å². The van der Waals surface area contributed by atoms with Gasteiger partial charge in [0.1, 0.15) is 0 Å². The summed E-state index contributed by atoms with van der Waals surface area (Å²) in [6, 6.07) is 8.20. The minimum absolute atomic E-state index is 0.786. The van der Waals surface area contributed by atoms with Gasteiger partial charge in [-0.15, -0.1) is 0 Å². The third-order valence-electron chi connectivity index (χ3n) is 4.21. The maximum atomic E-state index is 6.28. The molecule has 2 fully saturated rings. The van der Waals surface area contributed by atoms with E-state index in [9.17, 15) is 0 Å². The lowest BCUT2D eigenvalue weighted by Crippen LogP contribution is -2.45. The van der Waals surface area contributed by atoms with Crippen molar-refractivity contribution in [2.24, 2.45) is 5.92 Å². The molecule has 19 heavy (non-hydrogen) atoms. The molecule has 2 aliphatic heterocycles. The summed E-state index contributed by atoms with van der Waals surface area (Å²) in [5.41, 5.74) is 1.20. The number of hydrogen-bond donors (Lipinski definition) is 1. The van der Waals surface area contributed by atoms with Crippen LogP contribution in [0.15, 0.2) is 24.3 Å². The molecule has 0 aliphatic carbocycles. The predicted molar refractivity (Wildman–Crippen MR) is 81.1 cm³/mol. The van der Waals surface area contributed by atoms with Crippen LogP contribution in [0.1, 0.15) is 6.42 Å². The van der Waals surface area contributed by atoms with Crippen LogP contribution in [0.3, 0.4) is 0 Å². The fraction of sp³-hybridized carbons (Fsp3) is 0.600. The molecule has 3 nitrogen and oxygen atoms in total. The van der Waals surface area contributed by atoms with E-state index in [0.29, 0.717) is 0 Å². The first-order chi connectivity index (χ1) is 9.33. The lowest BCUT2D eigenvalue weighted by Gasteiger charge is -2.29. The lowest BCUT2D eigenvalue weighted by molar-refractivity contribution is 0.212. The first-order valence-corrected chi connectivity index (χ1v) is 7.63. The quantitative estimate of drug-likeness (QED) is 0.914. The molecule has 1 atom stereocenters. The summed E-state index contributed by atoms with van der Waals surface area (Å²) >= 11 is 6.28. The second-order valence-electron chi connectivity index (χ2n) is 5.60. The highest BCUT2D eigenvalue weighted by Crippen LogP contribution is 2.30. The SMILES string of the molecule is Clc1ccccc1N1CCC(CN2CCNCC2)C1. The van der Waals surface area contributed by atoms with Crippen LogP contribution in [0, 0.1) is 5.92 Å². The van der Waals surface area contributed by atoms with Gasteiger partial charge in [-0.05, 0) is 24.5 Å². The molecule has 0 saturated carbocycles. The zero-order chi connectivity index (χ0) is 13.1. The third kappa shape index (κ3) is 3.22. The van der Waals surface area contributed by atoms with E-state index in [2.05, 4.69) is 27.2 Å². The zero-order valence-electron chi connectivity index (χ0n) is 11.3. The summed E-state index contributed by atoms with van der Waals surface area (Å²) in [6.07, 6.45) is 1.29. The van der Waals surface area contributed by atoms with Crippen LogP contribution in [0.2, 0.25) is 5.02 Å². The Morgan fingerprint density at radius 3 is 2.74 bits per heavy atom. The van der Waals surface area contributed by atoms with Crippen LogP contribution >= 0.6 is 11.6 Å².